The Hall–Kier alpha value is -2.84. The average Bonchev–Trinajstić information content (AvgIpc) is 2.55. The minimum Gasteiger partial charge on any atom is -0.495 e. The molecule has 0 aliphatic carbocycles. The molecule has 0 spiro atoms. The van der Waals surface area contributed by atoms with E-state index >= 15 is 0 Å². The summed E-state index contributed by atoms with van der Waals surface area (Å²) in [5, 5.41) is 2.52. The fourth-order valence-corrected chi connectivity index (χ4v) is 1.67. The van der Waals surface area contributed by atoms with Gasteiger partial charge in [-0.25, -0.2) is 9.38 Å². The zero-order valence-corrected chi connectivity index (χ0v) is 14.0. The van der Waals surface area contributed by atoms with E-state index in [2.05, 4.69) is 26.6 Å². The fraction of sp³-hybridized carbons (Fsp3) is 0.312. The first-order valence-corrected chi connectivity index (χ1v) is 7.07. The molecular weight excluding hydrogens is 339 g/mol. The molecule has 6 nitrogen and oxygen atoms in total. The summed E-state index contributed by atoms with van der Waals surface area (Å²) in [5.74, 6) is -2.12. The van der Waals surface area contributed by atoms with Crippen molar-refractivity contribution in [1.82, 2.24) is 10.3 Å². The molecule has 136 valence electrons. The SMILES string of the molecule is C=C(C=N/C(OC(F)F)=C(\C)F)C(=O)NCc1nc(C)ccc1OC. The van der Waals surface area contributed by atoms with Gasteiger partial charge >= 0.3 is 6.61 Å². The van der Waals surface area contributed by atoms with Crippen LogP contribution < -0.4 is 10.1 Å². The molecular formula is C16H18F3N3O3. The van der Waals surface area contributed by atoms with Gasteiger partial charge in [0.25, 0.3) is 5.91 Å². The molecule has 0 aliphatic rings. The van der Waals surface area contributed by atoms with Crippen LogP contribution in [-0.4, -0.2) is 30.8 Å². The smallest absolute Gasteiger partial charge is 0.388 e. The number of aryl methyl sites for hydroxylation is 1. The van der Waals surface area contributed by atoms with Crippen LogP contribution in [0.25, 0.3) is 0 Å². The molecule has 1 N–H and O–H groups in total. The summed E-state index contributed by atoms with van der Waals surface area (Å²) in [7, 11) is 1.47. The van der Waals surface area contributed by atoms with Crippen LogP contribution in [0.1, 0.15) is 18.3 Å². The lowest BCUT2D eigenvalue weighted by atomic mass is 10.2. The highest BCUT2D eigenvalue weighted by Crippen LogP contribution is 2.16. The molecule has 0 saturated carbocycles. The molecule has 0 unspecified atom stereocenters. The number of alkyl halides is 2. The lowest BCUT2D eigenvalue weighted by molar-refractivity contribution is -0.117. The molecule has 0 atom stereocenters. The van der Waals surface area contributed by atoms with Gasteiger partial charge in [-0.15, -0.1) is 0 Å². The van der Waals surface area contributed by atoms with Gasteiger partial charge in [-0.3, -0.25) is 9.78 Å². The van der Waals surface area contributed by atoms with Crippen molar-refractivity contribution in [2.24, 2.45) is 4.99 Å². The molecule has 1 aromatic rings. The average molecular weight is 357 g/mol. The molecule has 9 heteroatoms. The maximum atomic E-state index is 13.0. The Labute approximate surface area is 143 Å². The highest BCUT2D eigenvalue weighted by molar-refractivity contribution is 6.11. The quantitative estimate of drug-likeness (QED) is 0.441. The highest BCUT2D eigenvalue weighted by atomic mass is 19.3. The van der Waals surface area contributed by atoms with E-state index < -0.39 is 24.2 Å². The molecule has 0 aromatic carbocycles. The predicted molar refractivity (Wildman–Crippen MR) is 85.9 cm³/mol. The molecule has 0 radical (unpaired) electrons. The third-order valence-electron chi connectivity index (χ3n) is 2.83. The van der Waals surface area contributed by atoms with E-state index in [0.29, 0.717) is 11.4 Å². The number of nitrogens with one attached hydrogen (secondary N) is 1. The standard InChI is InChI=1S/C16H18F3N3O3/c1-9(7-21-15(11(3)17)25-16(18)19)14(23)20-8-12-13(24-4)6-5-10(2)22-12/h5-7,16H,1,8H2,2-4H3,(H,20,23)/b15-11-,21-7?. The minimum absolute atomic E-state index is 0.0505. The first-order valence-electron chi connectivity index (χ1n) is 7.07. The number of nitrogens with zero attached hydrogens (tertiary/aromatic N) is 2. The Kier molecular flexibility index (Phi) is 7.64. The van der Waals surface area contributed by atoms with Crippen molar-refractivity contribution >= 4 is 12.1 Å². The van der Waals surface area contributed by atoms with Crippen LogP contribution in [0.2, 0.25) is 0 Å². The predicted octanol–water partition coefficient (Wildman–Crippen LogP) is 3.04. The molecule has 1 aromatic heterocycles. The largest absolute Gasteiger partial charge is 0.495 e. The number of halogens is 3. The van der Waals surface area contributed by atoms with Crippen LogP contribution in [-0.2, 0) is 16.1 Å². The molecule has 1 heterocycles. The summed E-state index contributed by atoms with van der Waals surface area (Å²) in [6.45, 7) is 2.93. The maximum absolute atomic E-state index is 13.0. The Balaban J connectivity index is 2.72. The normalized spacial score (nSPS) is 12.1. The second-order valence-electron chi connectivity index (χ2n) is 4.78. The number of hydrogen-bond donors (Lipinski definition) is 1. The Morgan fingerprint density at radius 3 is 2.72 bits per heavy atom. The first-order chi connectivity index (χ1) is 11.7. The number of aromatic nitrogens is 1. The summed E-state index contributed by atoms with van der Waals surface area (Å²) in [6, 6.07) is 3.47. The Bertz CT molecular complexity index is 699. The van der Waals surface area contributed by atoms with Crippen LogP contribution in [0.5, 0.6) is 5.75 Å². The number of carbonyl (C=O) groups excluding carboxylic acids is 1. The molecule has 1 rings (SSSR count). The second-order valence-corrected chi connectivity index (χ2v) is 4.78. The zero-order valence-electron chi connectivity index (χ0n) is 14.0. The van der Waals surface area contributed by atoms with Gasteiger partial charge in [-0.1, -0.05) is 6.58 Å². The second kappa shape index (κ2) is 9.45. The number of pyridine rings is 1. The number of allylic oxidation sites excluding steroid dienone is 1. The molecule has 1 amide bonds. The molecule has 0 bridgehead atoms. The number of aliphatic imine (C=N–C) groups is 1. The Morgan fingerprint density at radius 2 is 2.16 bits per heavy atom. The number of carbonyl (C=O) groups is 1. The van der Waals surface area contributed by atoms with Crippen molar-refractivity contribution in [1.29, 1.82) is 0 Å². The van der Waals surface area contributed by atoms with Crippen LogP contribution in [0, 0.1) is 6.92 Å². The maximum Gasteiger partial charge on any atom is 0.388 e. The number of rotatable bonds is 8. The van der Waals surface area contributed by atoms with Crippen LogP contribution in [0.15, 0.2) is 41.0 Å². The summed E-state index contributed by atoms with van der Waals surface area (Å²) < 4.78 is 46.3. The van der Waals surface area contributed by atoms with E-state index in [-0.39, 0.29) is 12.1 Å². The van der Waals surface area contributed by atoms with E-state index in [0.717, 1.165) is 18.8 Å². The van der Waals surface area contributed by atoms with Crippen molar-refractivity contribution in [3.63, 3.8) is 0 Å². The van der Waals surface area contributed by atoms with Crippen LogP contribution in [0.3, 0.4) is 0 Å². The van der Waals surface area contributed by atoms with Gasteiger partial charge in [0.05, 0.1) is 19.2 Å². The number of methoxy groups -OCH3 is 1. The number of amides is 1. The van der Waals surface area contributed by atoms with Crippen molar-refractivity contribution in [3.05, 3.63) is 47.4 Å². The van der Waals surface area contributed by atoms with Gasteiger partial charge in [0.2, 0.25) is 5.88 Å². The van der Waals surface area contributed by atoms with Gasteiger partial charge in [-0.2, -0.15) is 8.78 Å². The van der Waals surface area contributed by atoms with E-state index in [1.165, 1.54) is 7.11 Å². The van der Waals surface area contributed by atoms with Crippen molar-refractivity contribution in [2.45, 2.75) is 27.0 Å². The van der Waals surface area contributed by atoms with E-state index in [9.17, 15) is 18.0 Å². The lowest BCUT2D eigenvalue weighted by Gasteiger charge is -2.10. The fourth-order valence-electron chi connectivity index (χ4n) is 1.67. The minimum atomic E-state index is -3.24. The summed E-state index contributed by atoms with van der Waals surface area (Å²) in [5.41, 5.74) is 1.06. The van der Waals surface area contributed by atoms with Gasteiger partial charge in [0.1, 0.15) is 11.4 Å². The number of ether oxygens (including phenoxy) is 2. The van der Waals surface area contributed by atoms with E-state index in [1.54, 1.807) is 19.1 Å². The zero-order chi connectivity index (χ0) is 19.0. The molecule has 0 saturated heterocycles. The van der Waals surface area contributed by atoms with Crippen LogP contribution >= 0.6 is 0 Å². The van der Waals surface area contributed by atoms with Gasteiger partial charge in [0, 0.05) is 11.9 Å². The topological polar surface area (TPSA) is 72.8 Å². The third kappa shape index (κ3) is 6.66. The summed E-state index contributed by atoms with van der Waals surface area (Å²) >= 11 is 0. The first kappa shape index (κ1) is 20.2. The monoisotopic (exact) mass is 357 g/mol. The highest BCUT2D eigenvalue weighted by Gasteiger charge is 2.12. The van der Waals surface area contributed by atoms with Crippen LogP contribution in [0.4, 0.5) is 13.2 Å². The molecule has 0 aliphatic heterocycles. The molecule has 0 fully saturated rings. The molecule has 25 heavy (non-hydrogen) atoms. The van der Waals surface area contributed by atoms with Crippen molar-refractivity contribution < 1.29 is 27.4 Å². The lowest BCUT2D eigenvalue weighted by Crippen LogP contribution is -2.25. The van der Waals surface area contributed by atoms with E-state index in [4.69, 9.17) is 4.74 Å². The Morgan fingerprint density at radius 1 is 1.48 bits per heavy atom. The number of hydrogen-bond acceptors (Lipinski definition) is 5. The van der Waals surface area contributed by atoms with Gasteiger partial charge < -0.3 is 14.8 Å². The summed E-state index contributed by atoms with van der Waals surface area (Å²) in [6.07, 6.45) is 0.830. The van der Waals surface area contributed by atoms with Crippen molar-refractivity contribution in [2.75, 3.05) is 7.11 Å². The van der Waals surface area contributed by atoms with Gasteiger partial charge in [0.15, 0.2) is 5.83 Å². The van der Waals surface area contributed by atoms with E-state index in [1.807, 2.05) is 0 Å². The van der Waals surface area contributed by atoms with Gasteiger partial charge in [-0.05, 0) is 26.0 Å². The summed E-state index contributed by atoms with van der Waals surface area (Å²) in [4.78, 5) is 19.5. The van der Waals surface area contributed by atoms with Crippen molar-refractivity contribution in [3.8, 4) is 5.75 Å². The third-order valence-corrected chi connectivity index (χ3v) is 2.83.